The molecule has 0 fully saturated rings. The van der Waals surface area contributed by atoms with Gasteiger partial charge in [-0.05, 0) is 43.7 Å². The van der Waals surface area contributed by atoms with Gasteiger partial charge in [-0.2, -0.15) is 0 Å². The van der Waals surface area contributed by atoms with E-state index in [1.165, 1.54) is 0 Å². The van der Waals surface area contributed by atoms with E-state index in [1.807, 2.05) is 19.1 Å². The van der Waals surface area contributed by atoms with E-state index < -0.39 is 6.10 Å². The van der Waals surface area contributed by atoms with Gasteiger partial charge in [0.25, 0.3) is 11.8 Å². The molecule has 2 aromatic rings. The van der Waals surface area contributed by atoms with Gasteiger partial charge < -0.3 is 24.4 Å². The Hall–Kier alpha value is -3.22. The monoisotopic (exact) mass is 412 g/mol. The van der Waals surface area contributed by atoms with Crippen LogP contribution in [0.2, 0.25) is 0 Å². The molecule has 1 heterocycles. The summed E-state index contributed by atoms with van der Waals surface area (Å²) in [6.45, 7) is 5.15. The number of benzene rings is 2. The van der Waals surface area contributed by atoms with Crippen LogP contribution in [0.5, 0.6) is 17.2 Å². The average molecular weight is 412 g/mol. The summed E-state index contributed by atoms with van der Waals surface area (Å²) < 4.78 is 17.3. The van der Waals surface area contributed by atoms with Gasteiger partial charge in [0.2, 0.25) is 0 Å². The maximum absolute atomic E-state index is 13.4. The number of hydrogen-bond donors (Lipinski definition) is 1. The summed E-state index contributed by atoms with van der Waals surface area (Å²) in [6.07, 6.45) is 1.19. The van der Waals surface area contributed by atoms with Gasteiger partial charge in [-0.15, -0.1) is 0 Å². The Morgan fingerprint density at radius 2 is 1.93 bits per heavy atom. The summed E-state index contributed by atoms with van der Waals surface area (Å²) in [6, 6.07) is 12.4. The predicted molar refractivity (Wildman–Crippen MR) is 115 cm³/mol. The highest BCUT2D eigenvalue weighted by atomic mass is 16.5. The van der Waals surface area contributed by atoms with E-state index in [-0.39, 0.29) is 18.4 Å². The lowest BCUT2D eigenvalue weighted by atomic mass is 10.1. The van der Waals surface area contributed by atoms with Gasteiger partial charge in [0.05, 0.1) is 25.4 Å². The fourth-order valence-electron chi connectivity index (χ4n) is 3.24. The van der Waals surface area contributed by atoms with Gasteiger partial charge in [-0.25, -0.2) is 0 Å². The lowest BCUT2D eigenvalue weighted by molar-refractivity contribution is -0.127. The predicted octanol–water partition coefficient (Wildman–Crippen LogP) is 3.42. The molecule has 1 aliphatic rings. The fourth-order valence-corrected chi connectivity index (χ4v) is 3.24. The zero-order valence-corrected chi connectivity index (χ0v) is 17.6. The number of ether oxygens (including phenoxy) is 3. The van der Waals surface area contributed by atoms with E-state index >= 15 is 0 Å². The molecule has 30 heavy (non-hydrogen) atoms. The molecule has 7 nitrogen and oxygen atoms in total. The van der Waals surface area contributed by atoms with Crippen molar-refractivity contribution in [2.24, 2.45) is 0 Å². The van der Waals surface area contributed by atoms with Crippen LogP contribution >= 0.6 is 0 Å². The molecule has 0 aromatic heterocycles. The van der Waals surface area contributed by atoms with Crippen LogP contribution in [0.4, 0.5) is 5.69 Å². The van der Waals surface area contributed by atoms with E-state index in [1.54, 1.807) is 42.3 Å². The third-order valence-electron chi connectivity index (χ3n) is 4.80. The molecule has 0 saturated heterocycles. The number of likely N-dealkylation sites (N-methyl/N-ethyl adjacent to an activating group) is 1. The summed E-state index contributed by atoms with van der Waals surface area (Å²) in [5, 5.41) is 2.58. The van der Waals surface area contributed by atoms with Gasteiger partial charge in [-0.3, -0.25) is 9.59 Å². The topological polar surface area (TPSA) is 77.1 Å². The lowest BCUT2D eigenvalue weighted by Crippen LogP contribution is -2.50. The number of rotatable bonds is 8. The zero-order valence-electron chi connectivity index (χ0n) is 17.6. The fraction of sp³-hybridized carbons (Fsp3) is 0.391. The van der Waals surface area contributed by atoms with Gasteiger partial charge in [0, 0.05) is 12.6 Å². The number of nitrogens with zero attached hydrogens (tertiary/aromatic N) is 1. The molecule has 2 amide bonds. The summed E-state index contributed by atoms with van der Waals surface area (Å²) in [4.78, 5) is 27.1. The SMILES string of the molecule is CCCCOc1ccc(C(=O)N2C[C@@H](C(=O)NC)Oc3ccccc32)cc1OCC. The number of unbranched alkanes of at least 4 members (excludes halogenated alkanes) is 1. The summed E-state index contributed by atoms with van der Waals surface area (Å²) in [7, 11) is 1.55. The van der Waals surface area contributed by atoms with Gasteiger partial charge in [0.15, 0.2) is 17.6 Å². The van der Waals surface area contributed by atoms with Crippen LogP contribution in [0.25, 0.3) is 0 Å². The Labute approximate surface area is 176 Å². The van der Waals surface area contributed by atoms with Crippen molar-refractivity contribution in [2.45, 2.75) is 32.8 Å². The molecule has 1 atom stereocenters. The molecule has 0 aliphatic carbocycles. The van der Waals surface area contributed by atoms with Crippen molar-refractivity contribution >= 4 is 17.5 Å². The third-order valence-corrected chi connectivity index (χ3v) is 4.80. The van der Waals surface area contributed by atoms with Crippen molar-refractivity contribution in [2.75, 3.05) is 31.7 Å². The maximum atomic E-state index is 13.4. The molecule has 0 unspecified atom stereocenters. The second-order valence-electron chi connectivity index (χ2n) is 6.90. The Kier molecular flexibility index (Phi) is 7.17. The molecule has 2 aromatic carbocycles. The molecule has 3 rings (SSSR count). The van der Waals surface area contributed by atoms with Crippen molar-refractivity contribution < 1.29 is 23.8 Å². The number of carbonyl (C=O) groups excluding carboxylic acids is 2. The summed E-state index contributed by atoms with van der Waals surface area (Å²) in [5.74, 6) is 1.13. The summed E-state index contributed by atoms with van der Waals surface area (Å²) >= 11 is 0. The van der Waals surface area contributed by atoms with Crippen molar-refractivity contribution in [3.8, 4) is 17.2 Å². The second kappa shape index (κ2) is 10.0. The molecule has 1 N–H and O–H groups in total. The van der Waals surface area contributed by atoms with Gasteiger partial charge >= 0.3 is 0 Å². The molecule has 0 radical (unpaired) electrons. The molecule has 1 aliphatic heterocycles. The number of nitrogens with one attached hydrogen (secondary N) is 1. The van der Waals surface area contributed by atoms with Crippen molar-refractivity contribution in [1.29, 1.82) is 0 Å². The number of fused-ring (bicyclic) bond motifs is 1. The van der Waals surface area contributed by atoms with Crippen LogP contribution < -0.4 is 24.4 Å². The Morgan fingerprint density at radius 1 is 1.13 bits per heavy atom. The van der Waals surface area contributed by atoms with Crippen LogP contribution in [0.3, 0.4) is 0 Å². The lowest BCUT2D eigenvalue weighted by Gasteiger charge is -2.34. The van der Waals surface area contributed by atoms with Gasteiger partial charge in [-0.1, -0.05) is 25.5 Å². The van der Waals surface area contributed by atoms with Gasteiger partial charge in [0.1, 0.15) is 5.75 Å². The smallest absolute Gasteiger partial charge is 0.262 e. The van der Waals surface area contributed by atoms with Crippen molar-refractivity contribution in [1.82, 2.24) is 5.32 Å². The Morgan fingerprint density at radius 3 is 2.67 bits per heavy atom. The number of amides is 2. The highest BCUT2D eigenvalue weighted by molar-refractivity contribution is 6.08. The molecule has 0 spiro atoms. The molecule has 0 bridgehead atoms. The largest absolute Gasteiger partial charge is 0.490 e. The van der Waals surface area contributed by atoms with Crippen LogP contribution in [0.15, 0.2) is 42.5 Å². The standard InChI is InChI=1S/C23H28N2O5/c1-4-6-13-29-19-12-11-16(14-20(19)28-5-2)23(27)25-15-21(22(26)24-3)30-18-10-8-7-9-17(18)25/h7-12,14,21H,4-6,13,15H2,1-3H3,(H,24,26)/t21-/m0/s1. The van der Waals surface area contributed by atoms with E-state index in [9.17, 15) is 9.59 Å². The van der Waals surface area contributed by atoms with E-state index in [4.69, 9.17) is 14.2 Å². The van der Waals surface area contributed by atoms with Crippen LogP contribution in [-0.4, -0.2) is 44.7 Å². The van der Waals surface area contributed by atoms with Crippen LogP contribution in [-0.2, 0) is 4.79 Å². The molecular formula is C23H28N2O5. The number of anilines is 1. The number of hydrogen-bond acceptors (Lipinski definition) is 5. The molecule has 160 valence electrons. The van der Waals surface area contributed by atoms with Crippen molar-refractivity contribution in [3.63, 3.8) is 0 Å². The van der Waals surface area contributed by atoms with Crippen LogP contribution in [0, 0.1) is 0 Å². The maximum Gasteiger partial charge on any atom is 0.262 e. The van der Waals surface area contributed by atoms with E-state index in [0.29, 0.717) is 41.7 Å². The quantitative estimate of drug-likeness (QED) is 0.673. The molecule has 7 heteroatoms. The minimum absolute atomic E-state index is 0.119. The minimum atomic E-state index is -0.781. The first kappa shape index (κ1) is 21.5. The minimum Gasteiger partial charge on any atom is -0.490 e. The molecule has 0 saturated carbocycles. The third kappa shape index (κ3) is 4.67. The summed E-state index contributed by atoms with van der Waals surface area (Å²) in [5.41, 5.74) is 1.08. The van der Waals surface area contributed by atoms with Crippen LogP contribution in [0.1, 0.15) is 37.0 Å². The zero-order chi connectivity index (χ0) is 21.5. The number of para-hydroxylation sites is 2. The Bertz CT molecular complexity index is 899. The first-order valence-corrected chi connectivity index (χ1v) is 10.3. The Balaban J connectivity index is 1.90. The first-order valence-electron chi connectivity index (χ1n) is 10.3. The average Bonchev–Trinajstić information content (AvgIpc) is 2.78. The highest BCUT2D eigenvalue weighted by Gasteiger charge is 2.34. The molecular weight excluding hydrogens is 384 g/mol. The first-order chi connectivity index (χ1) is 14.6. The highest BCUT2D eigenvalue weighted by Crippen LogP contribution is 2.35. The second-order valence-corrected chi connectivity index (χ2v) is 6.90. The van der Waals surface area contributed by atoms with E-state index in [2.05, 4.69) is 12.2 Å². The number of carbonyl (C=O) groups is 2. The normalized spacial score (nSPS) is 15.0. The van der Waals surface area contributed by atoms with Crippen molar-refractivity contribution in [3.05, 3.63) is 48.0 Å². The van der Waals surface area contributed by atoms with E-state index in [0.717, 1.165) is 12.8 Å².